The molecule has 2 aliphatic carbocycles. The number of hydrogen-bond donors (Lipinski definition) is 3. The number of nitrogens with zero attached hydrogens (tertiary/aromatic N) is 3. The molecule has 6 nitrogen and oxygen atoms in total. The second-order valence-corrected chi connectivity index (χ2v) is 7.72. The van der Waals surface area contributed by atoms with Gasteiger partial charge in [0, 0.05) is 24.5 Å². The van der Waals surface area contributed by atoms with Crippen LogP contribution in [0.3, 0.4) is 0 Å². The van der Waals surface area contributed by atoms with Crippen LogP contribution in [0.2, 0.25) is 0 Å². The maximum absolute atomic E-state index is 14.4. The van der Waals surface area contributed by atoms with Crippen molar-refractivity contribution >= 4 is 17.5 Å². The van der Waals surface area contributed by atoms with Gasteiger partial charge in [0.1, 0.15) is 24.1 Å². The van der Waals surface area contributed by atoms with E-state index in [0.29, 0.717) is 0 Å². The molecule has 0 amide bonds. The third-order valence-electron chi connectivity index (χ3n) is 5.31. The van der Waals surface area contributed by atoms with Crippen LogP contribution < -0.4 is 10.6 Å². The van der Waals surface area contributed by atoms with Gasteiger partial charge in [0.15, 0.2) is 5.82 Å². The van der Waals surface area contributed by atoms with E-state index in [-0.39, 0.29) is 43.6 Å². The Labute approximate surface area is 173 Å². The van der Waals surface area contributed by atoms with E-state index < -0.39 is 60.5 Å². The molecule has 174 valence electrons. The molecule has 1 fully saturated rings. The summed E-state index contributed by atoms with van der Waals surface area (Å²) in [5.41, 5.74) is -0.272. The molecular formula is C18H22F7N5O. The van der Waals surface area contributed by atoms with Crippen molar-refractivity contribution in [3.63, 3.8) is 0 Å². The fourth-order valence-corrected chi connectivity index (χ4v) is 3.58. The topological polar surface area (TPSA) is 83.0 Å². The molecule has 3 rings (SSSR count). The second kappa shape index (κ2) is 8.75. The lowest BCUT2D eigenvalue weighted by Gasteiger charge is -2.24. The number of halogens is 7. The van der Waals surface area contributed by atoms with Gasteiger partial charge in [0.25, 0.3) is 0 Å². The number of aliphatic hydroxyl groups is 1. The molecule has 3 N–H and O–H groups in total. The van der Waals surface area contributed by atoms with E-state index in [9.17, 15) is 35.8 Å². The molecule has 1 heterocycles. The Kier molecular flexibility index (Phi) is 6.63. The molecule has 0 aromatic carbocycles. The van der Waals surface area contributed by atoms with Crippen LogP contribution >= 0.6 is 0 Å². The SMILES string of the molecule is CC[C@@H](Nc1nc(N[C@@H]2CCC(F)(F)C2)nc(C2=C(F)C(O)C(F)CC2)n1)C(F)(F)F. The van der Waals surface area contributed by atoms with Crippen LogP contribution in [0.15, 0.2) is 5.83 Å². The van der Waals surface area contributed by atoms with Crippen LogP contribution in [-0.2, 0) is 0 Å². The molecule has 0 spiro atoms. The number of anilines is 2. The molecule has 0 bridgehead atoms. The molecule has 13 heteroatoms. The minimum Gasteiger partial charge on any atom is -0.383 e. The second-order valence-electron chi connectivity index (χ2n) is 7.72. The van der Waals surface area contributed by atoms with E-state index in [1.54, 1.807) is 0 Å². The maximum Gasteiger partial charge on any atom is 0.408 e. The third-order valence-corrected chi connectivity index (χ3v) is 5.31. The molecule has 4 atom stereocenters. The largest absolute Gasteiger partial charge is 0.408 e. The number of allylic oxidation sites excluding steroid dienone is 1. The lowest BCUT2D eigenvalue weighted by Crippen LogP contribution is -2.36. The van der Waals surface area contributed by atoms with E-state index in [4.69, 9.17) is 0 Å². The maximum atomic E-state index is 14.4. The van der Waals surface area contributed by atoms with Gasteiger partial charge in [0.2, 0.25) is 17.8 Å². The first kappa shape index (κ1) is 23.5. The summed E-state index contributed by atoms with van der Waals surface area (Å²) in [7, 11) is 0. The van der Waals surface area contributed by atoms with Crippen LogP contribution in [0.4, 0.5) is 42.6 Å². The fourth-order valence-electron chi connectivity index (χ4n) is 3.58. The normalized spacial score (nSPS) is 27.3. The van der Waals surface area contributed by atoms with Crippen molar-refractivity contribution in [3.8, 4) is 0 Å². The molecule has 0 aliphatic heterocycles. The van der Waals surface area contributed by atoms with Crippen molar-refractivity contribution in [2.24, 2.45) is 0 Å². The summed E-state index contributed by atoms with van der Waals surface area (Å²) in [5.74, 6) is -5.37. The van der Waals surface area contributed by atoms with Crippen LogP contribution in [0.25, 0.3) is 5.57 Å². The van der Waals surface area contributed by atoms with Gasteiger partial charge in [-0.15, -0.1) is 0 Å². The fraction of sp³-hybridized carbons (Fsp3) is 0.722. The van der Waals surface area contributed by atoms with Gasteiger partial charge in [0.05, 0.1) is 0 Å². The Morgan fingerprint density at radius 3 is 2.42 bits per heavy atom. The number of aromatic nitrogens is 3. The summed E-state index contributed by atoms with van der Waals surface area (Å²) >= 11 is 0. The first-order valence-corrected chi connectivity index (χ1v) is 9.84. The van der Waals surface area contributed by atoms with Gasteiger partial charge in [-0.1, -0.05) is 6.92 Å². The van der Waals surface area contributed by atoms with E-state index >= 15 is 0 Å². The highest BCUT2D eigenvalue weighted by Crippen LogP contribution is 2.37. The predicted octanol–water partition coefficient (Wildman–Crippen LogP) is 4.40. The average molecular weight is 457 g/mol. The van der Waals surface area contributed by atoms with Crippen molar-refractivity contribution in [2.45, 2.75) is 81.9 Å². The molecule has 1 aromatic rings. The van der Waals surface area contributed by atoms with E-state index in [2.05, 4.69) is 25.6 Å². The van der Waals surface area contributed by atoms with Crippen LogP contribution in [0.1, 0.15) is 51.3 Å². The van der Waals surface area contributed by atoms with Crippen molar-refractivity contribution < 1.29 is 35.8 Å². The summed E-state index contributed by atoms with van der Waals surface area (Å²) in [6.07, 6.45) is -10.1. The van der Waals surface area contributed by atoms with Crippen molar-refractivity contribution in [3.05, 3.63) is 11.7 Å². The third kappa shape index (κ3) is 5.55. The standard InChI is InChI=1S/C18H22F7N5O/c1-2-11(18(23,24)25)27-16-29-14(9-3-4-10(19)13(31)12(9)20)28-15(30-16)26-8-5-6-17(21,22)7-8/h8,10-11,13,31H,2-7H2,1H3,(H2,26,27,28,29,30)/t8-,10?,11-,13?/m1/s1. The molecule has 1 saturated carbocycles. The zero-order chi connectivity index (χ0) is 23.0. The Morgan fingerprint density at radius 2 is 1.84 bits per heavy atom. The number of nitrogens with one attached hydrogen (secondary N) is 2. The van der Waals surface area contributed by atoms with Crippen molar-refractivity contribution in [1.82, 2.24) is 15.0 Å². The lowest BCUT2D eigenvalue weighted by molar-refractivity contribution is -0.143. The summed E-state index contributed by atoms with van der Waals surface area (Å²) in [5, 5.41) is 14.4. The van der Waals surface area contributed by atoms with Crippen molar-refractivity contribution in [2.75, 3.05) is 10.6 Å². The minimum atomic E-state index is -4.63. The lowest BCUT2D eigenvalue weighted by atomic mass is 9.94. The number of aliphatic hydroxyl groups excluding tert-OH is 1. The monoisotopic (exact) mass is 457 g/mol. The first-order chi connectivity index (χ1) is 14.4. The van der Waals surface area contributed by atoms with Gasteiger partial charge in [-0.2, -0.15) is 28.1 Å². The zero-order valence-corrected chi connectivity index (χ0v) is 16.5. The molecule has 2 aliphatic rings. The van der Waals surface area contributed by atoms with Gasteiger partial charge in [-0.3, -0.25) is 0 Å². The highest BCUT2D eigenvalue weighted by molar-refractivity contribution is 5.65. The zero-order valence-electron chi connectivity index (χ0n) is 16.5. The number of hydrogen-bond acceptors (Lipinski definition) is 6. The highest BCUT2D eigenvalue weighted by atomic mass is 19.4. The molecular weight excluding hydrogens is 435 g/mol. The molecule has 2 unspecified atom stereocenters. The number of rotatable bonds is 6. The van der Waals surface area contributed by atoms with E-state index in [1.165, 1.54) is 6.92 Å². The highest BCUT2D eigenvalue weighted by Gasteiger charge is 2.41. The van der Waals surface area contributed by atoms with Gasteiger partial charge in [-0.05, 0) is 25.7 Å². The molecule has 31 heavy (non-hydrogen) atoms. The quantitative estimate of drug-likeness (QED) is 0.550. The average Bonchev–Trinajstić information content (AvgIpc) is 3.01. The Hall–Kier alpha value is -2.18. The smallest absolute Gasteiger partial charge is 0.383 e. The summed E-state index contributed by atoms with van der Waals surface area (Å²) < 4.78 is 94.4. The summed E-state index contributed by atoms with van der Waals surface area (Å²) in [6.45, 7) is 1.29. The van der Waals surface area contributed by atoms with Crippen molar-refractivity contribution in [1.29, 1.82) is 0 Å². The summed E-state index contributed by atoms with van der Waals surface area (Å²) in [6, 6.07) is -2.76. The van der Waals surface area contributed by atoms with Crippen LogP contribution in [0.5, 0.6) is 0 Å². The van der Waals surface area contributed by atoms with Gasteiger partial charge in [-0.25, -0.2) is 17.6 Å². The molecule has 1 aromatic heterocycles. The number of alkyl halides is 6. The van der Waals surface area contributed by atoms with Gasteiger partial charge < -0.3 is 15.7 Å². The van der Waals surface area contributed by atoms with Crippen LogP contribution in [-0.4, -0.2) is 56.5 Å². The predicted molar refractivity (Wildman–Crippen MR) is 98.0 cm³/mol. The molecule has 0 saturated heterocycles. The Balaban J connectivity index is 1.96. The Bertz CT molecular complexity index is 832. The minimum absolute atomic E-state index is 0.0796. The molecule has 0 radical (unpaired) electrons. The Morgan fingerprint density at radius 1 is 1.16 bits per heavy atom. The summed E-state index contributed by atoms with van der Waals surface area (Å²) in [4.78, 5) is 11.6. The van der Waals surface area contributed by atoms with E-state index in [1.807, 2.05) is 0 Å². The van der Waals surface area contributed by atoms with Crippen LogP contribution in [0, 0.1) is 0 Å². The first-order valence-electron chi connectivity index (χ1n) is 9.84. The van der Waals surface area contributed by atoms with E-state index in [0.717, 1.165) is 0 Å². The van der Waals surface area contributed by atoms with Gasteiger partial charge >= 0.3 is 6.18 Å².